The number of piperidine rings is 1. The van der Waals surface area contributed by atoms with Crippen LogP contribution in [-0.4, -0.2) is 33.5 Å². The lowest BCUT2D eigenvalue weighted by atomic mass is 9.69. The fourth-order valence-electron chi connectivity index (χ4n) is 5.09. The predicted octanol–water partition coefficient (Wildman–Crippen LogP) is 5.16. The fraction of sp³-hybridized carbons (Fsp3) is 0.385. The summed E-state index contributed by atoms with van der Waals surface area (Å²) in [6.07, 6.45) is 3.18. The maximum absolute atomic E-state index is 13.5. The minimum Gasteiger partial charge on any atom is -0.385 e. The summed E-state index contributed by atoms with van der Waals surface area (Å²) in [6.45, 7) is 4.78. The molecule has 0 bridgehead atoms. The molecule has 0 saturated carbocycles. The Hall–Kier alpha value is -2.72. The van der Waals surface area contributed by atoms with Crippen LogP contribution in [0.1, 0.15) is 55.6 Å². The summed E-state index contributed by atoms with van der Waals surface area (Å²) in [6, 6.07) is 21.6. The number of carbonyl (C=O) groups is 1. The molecule has 3 atom stereocenters. The number of hydrogen-bond donors (Lipinski definition) is 1. The first-order valence-corrected chi connectivity index (χ1v) is 11.0. The Balaban J connectivity index is 1.68. The molecule has 0 aliphatic carbocycles. The van der Waals surface area contributed by atoms with Gasteiger partial charge in [0.1, 0.15) is 5.69 Å². The number of hydrogen-bond acceptors (Lipinski definition) is 3. The second-order valence-corrected chi connectivity index (χ2v) is 8.30. The van der Waals surface area contributed by atoms with E-state index in [-0.39, 0.29) is 17.9 Å². The highest BCUT2D eigenvalue weighted by molar-refractivity contribution is 5.95. The number of carbonyl (C=O) groups excluding carboxylic acids is 1. The molecule has 4 heteroatoms. The summed E-state index contributed by atoms with van der Waals surface area (Å²) in [5.74, 6) is -0.0446. The molecule has 3 aromatic rings. The molecule has 0 spiro atoms. The molecular formula is C26H30N2O2. The maximum Gasteiger partial charge on any atom is 0.272 e. The highest BCUT2D eigenvalue weighted by atomic mass is 16.3. The van der Waals surface area contributed by atoms with E-state index in [0.29, 0.717) is 18.7 Å². The molecular weight excluding hydrogens is 372 g/mol. The van der Waals surface area contributed by atoms with Crippen molar-refractivity contribution in [2.75, 3.05) is 6.54 Å². The minimum absolute atomic E-state index is 0.00643. The standard InChI is InChI=1S/C26H30N2O2/c1-3-10-21-24(4-2)28(18-17-26(21,30)20-12-6-5-7-13-20)25(29)23-16-15-19-11-8-9-14-22(19)27-23/h5-9,11-16,21,24,30H,3-4,10,17-18H2,1-2H3/t21-,24+,26-/m1/s1. The van der Waals surface area contributed by atoms with Crippen LogP contribution in [-0.2, 0) is 5.60 Å². The summed E-state index contributed by atoms with van der Waals surface area (Å²) in [4.78, 5) is 20.1. The first kappa shape index (κ1) is 20.5. The van der Waals surface area contributed by atoms with Crippen molar-refractivity contribution < 1.29 is 9.90 Å². The number of amides is 1. The molecule has 1 N–H and O–H groups in total. The monoisotopic (exact) mass is 402 g/mol. The van der Waals surface area contributed by atoms with Crippen molar-refractivity contribution in [1.29, 1.82) is 0 Å². The number of nitrogens with zero attached hydrogens (tertiary/aromatic N) is 2. The van der Waals surface area contributed by atoms with Gasteiger partial charge in [0.05, 0.1) is 11.1 Å². The number of pyridine rings is 1. The van der Waals surface area contributed by atoms with Gasteiger partial charge in [-0.3, -0.25) is 4.79 Å². The SMILES string of the molecule is CCC[C@@H]1[C@H](CC)N(C(=O)c2ccc3ccccc3n2)CC[C@@]1(O)c1ccccc1. The van der Waals surface area contributed by atoms with Crippen LogP contribution in [0.15, 0.2) is 66.7 Å². The average molecular weight is 403 g/mol. The Morgan fingerprint density at radius 3 is 2.53 bits per heavy atom. The van der Waals surface area contributed by atoms with Crippen LogP contribution in [0.3, 0.4) is 0 Å². The van der Waals surface area contributed by atoms with Gasteiger partial charge in [0.15, 0.2) is 0 Å². The van der Waals surface area contributed by atoms with Crippen molar-refractivity contribution in [3.05, 3.63) is 78.0 Å². The van der Waals surface area contributed by atoms with Crippen LogP contribution < -0.4 is 0 Å². The molecule has 1 fully saturated rings. The van der Waals surface area contributed by atoms with E-state index in [1.165, 1.54) is 0 Å². The van der Waals surface area contributed by atoms with Crippen molar-refractivity contribution >= 4 is 16.8 Å². The highest BCUT2D eigenvalue weighted by Gasteiger charge is 2.48. The molecule has 4 rings (SSSR count). The number of para-hydroxylation sites is 1. The van der Waals surface area contributed by atoms with Gasteiger partial charge in [-0.05, 0) is 37.0 Å². The molecule has 1 aromatic heterocycles. The van der Waals surface area contributed by atoms with E-state index in [2.05, 4.69) is 18.8 Å². The van der Waals surface area contributed by atoms with Crippen LogP contribution >= 0.6 is 0 Å². The van der Waals surface area contributed by atoms with Gasteiger partial charge in [-0.1, -0.05) is 74.9 Å². The van der Waals surface area contributed by atoms with Gasteiger partial charge in [-0.25, -0.2) is 4.98 Å². The minimum atomic E-state index is -0.911. The van der Waals surface area contributed by atoms with Crippen LogP contribution in [0.2, 0.25) is 0 Å². The lowest BCUT2D eigenvalue weighted by molar-refractivity contribution is -0.101. The first-order chi connectivity index (χ1) is 14.6. The van der Waals surface area contributed by atoms with Crippen molar-refractivity contribution in [1.82, 2.24) is 9.88 Å². The molecule has 2 heterocycles. The second kappa shape index (κ2) is 8.57. The van der Waals surface area contributed by atoms with E-state index in [1.54, 1.807) is 0 Å². The van der Waals surface area contributed by atoms with Gasteiger partial charge < -0.3 is 10.0 Å². The summed E-state index contributed by atoms with van der Waals surface area (Å²) < 4.78 is 0. The number of aromatic nitrogens is 1. The number of aliphatic hydroxyl groups is 1. The van der Waals surface area contributed by atoms with Crippen LogP contribution in [0.25, 0.3) is 10.9 Å². The van der Waals surface area contributed by atoms with Crippen LogP contribution in [0.4, 0.5) is 0 Å². The van der Waals surface area contributed by atoms with Gasteiger partial charge in [0.2, 0.25) is 0 Å². The number of rotatable bonds is 5. The summed E-state index contributed by atoms with van der Waals surface area (Å²) in [7, 11) is 0. The molecule has 1 aliphatic heterocycles. The van der Waals surface area contributed by atoms with E-state index in [1.807, 2.05) is 71.6 Å². The van der Waals surface area contributed by atoms with Gasteiger partial charge >= 0.3 is 0 Å². The average Bonchev–Trinajstić information content (AvgIpc) is 2.80. The molecule has 30 heavy (non-hydrogen) atoms. The normalized spacial score (nSPS) is 24.2. The van der Waals surface area contributed by atoms with Gasteiger partial charge in [0.25, 0.3) is 5.91 Å². The molecule has 1 amide bonds. The Kier molecular flexibility index (Phi) is 5.87. The van der Waals surface area contributed by atoms with E-state index in [4.69, 9.17) is 0 Å². The molecule has 2 aromatic carbocycles. The van der Waals surface area contributed by atoms with E-state index < -0.39 is 5.60 Å². The second-order valence-electron chi connectivity index (χ2n) is 8.30. The number of likely N-dealkylation sites (tertiary alicyclic amines) is 1. The zero-order valence-corrected chi connectivity index (χ0v) is 17.8. The van der Waals surface area contributed by atoms with Crippen molar-refractivity contribution in [2.45, 2.75) is 51.2 Å². The van der Waals surface area contributed by atoms with E-state index >= 15 is 0 Å². The summed E-state index contributed by atoms with van der Waals surface area (Å²) in [5, 5.41) is 12.8. The van der Waals surface area contributed by atoms with Crippen LogP contribution in [0.5, 0.6) is 0 Å². The molecule has 1 aliphatic rings. The third kappa shape index (κ3) is 3.61. The molecule has 156 valence electrons. The van der Waals surface area contributed by atoms with Crippen molar-refractivity contribution in [3.63, 3.8) is 0 Å². The molecule has 1 saturated heterocycles. The maximum atomic E-state index is 13.5. The van der Waals surface area contributed by atoms with Gasteiger partial charge in [0, 0.05) is 23.9 Å². The molecule has 4 nitrogen and oxygen atoms in total. The Labute approximate surface area is 178 Å². The van der Waals surface area contributed by atoms with Crippen molar-refractivity contribution in [2.24, 2.45) is 5.92 Å². The lowest BCUT2D eigenvalue weighted by Crippen LogP contribution is -2.57. The predicted molar refractivity (Wildman–Crippen MR) is 120 cm³/mol. The smallest absolute Gasteiger partial charge is 0.272 e. The largest absolute Gasteiger partial charge is 0.385 e. The fourth-order valence-corrected chi connectivity index (χ4v) is 5.09. The van der Waals surface area contributed by atoms with E-state index in [0.717, 1.165) is 35.7 Å². The highest BCUT2D eigenvalue weighted by Crippen LogP contribution is 2.44. The third-order valence-electron chi connectivity index (χ3n) is 6.58. The number of fused-ring (bicyclic) bond motifs is 1. The van der Waals surface area contributed by atoms with Crippen molar-refractivity contribution in [3.8, 4) is 0 Å². The van der Waals surface area contributed by atoms with Gasteiger partial charge in [-0.15, -0.1) is 0 Å². The zero-order chi connectivity index (χ0) is 21.1. The zero-order valence-electron chi connectivity index (χ0n) is 17.8. The number of benzene rings is 2. The Morgan fingerprint density at radius 2 is 1.80 bits per heavy atom. The van der Waals surface area contributed by atoms with Crippen LogP contribution in [0, 0.1) is 5.92 Å². The van der Waals surface area contributed by atoms with Gasteiger partial charge in [-0.2, -0.15) is 0 Å². The Morgan fingerprint density at radius 1 is 1.07 bits per heavy atom. The molecule has 0 radical (unpaired) electrons. The first-order valence-electron chi connectivity index (χ1n) is 11.0. The lowest BCUT2D eigenvalue weighted by Gasteiger charge is -2.50. The summed E-state index contributed by atoms with van der Waals surface area (Å²) in [5.41, 5.74) is 1.36. The quantitative estimate of drug-likeness (QED) is 0.641. The van der Waals surface area contributed by atoms with E-state index in [9.17, 15) is 9.90 Å². The third-order valence-corrected chi connectivity index (χ3v) is 6.58. The summed E-state index contributed by atoms with van der Waals surface area (Å²) >= 11 is 0. The topological polar surface area (TPSA) is 53.4 Å². The Bertz CT molecular complexity index is 1020. The molecule has 0 unspecified atom stereocenters.